The lowest BCUT2D eigenvalue weighted by Crippen LogP contribution is -2.38. The number of aliphatic hydroxyl groups is 1. The molecule has 0 aromatic rings. The Morgan fingerprint density at radius 2 is 2.23 bits per heavy atom. The van der Waals surface area contributed by atoms with Crippen molar-refractivity contribution in [1.29, 1.82) is 0 Å². The van der Waals surface area contributed by atoms with Gasteiger partial charge in [0, 0.05) is 36.1 Å². The van der Waals surface area contributed by atoms with Crippen LogP contribution in [0.4, 0.5) is 0 Å². The Labute approximate surface area is 183 Å². The number of nitrogens with two attached hydrogens (primary N) is 1. The van der Waals surface area contributed by atoms with Crippen LogP contribution in [-0.2, 0) is 19.1 Å². The number of ether oxygens (including phenoxy) is 2. The highest BCUT2D eigenvalue weighted by atomic mass is 16.5. The maximum atomic E-state index is 12.5. The van der Waals surface area contributed by atoms with Crippen LogP contribution in [0.3, 0.4) is 0 Å². The van der Waals surface area contributed by atoms with Crippen molar-refractivity contribution in [2.45, 2.75) is 46.8 Å². The normalized spacial score (nSPS) is 20.9. The van der Waals surface area contributed by atoms with Crippen molar-refractivity contribution >= 4 is 18.1 Å². The van der Waals surface area contributed by atoms with Gasteiger partial charge in [-0.25, -0.2) is 4.79 Å². The molecule has 0 radical (unpaired) electrons. The van der Waals surface area contributed by atoms with Crippen LogP contribution in [0, 0.1) is 5.92 Å². The number of hydrogen-bond acceptors (Lipinski definition) is 7. The van der Waals surface area contributed by atoms with Crippen molar-refractivity contribution in [1.82, 2.24) is 4.90 Å². The fourth-order valence-electron chi connectivity index (χ4n) is 3.59. The van der Waals surface area contributed by atoms with Crippen LogP contribution in [0.25, 0.3) is 0 Å². The minimum absolute atomic E-state index is 0.00792. The molecule has 1 aliphatic carbocycles. The van der Waals surface area contributed by atoms with E-state index in [1.807, 2.05) is 26.8 Å². The van der Waals surface area contributed by atoms with Crippen molar-refractivity contribution < 1.29 is 24.2 Å². The molecule has 170 valence electrons. The van der Waals surface area contributed by atoms with Gasteiger partial charge in [0.05, 0.1) is 25.4 Å². The topological polar surface area (TPSA) is 114 Å². The lowest BCUT2D eigenvalue weighted by atomic mass is 9.92. The monoisotopic (exact) mass is 431 g/mol. The van der Waals surface area contributed by atoms with Gasteiger partial charge >= 0.3 is 5.97 Å². The molecule has 8 heteroatoms. The fraction of sp³-hybridized carbons (Fsp3) is 0.522. The van der Waals surface area contributed by atoms with E-state index in [4.69, 9.17) is 15.2 Å². The van der Waals surface area contributed by atoms with E-state index in [-0.39, 0.29) is 43.9 Å². The van der Waals surface area contributed by atoms with Gasteiger partial charge in [-0.15, -0.1) is 0 Å². The van der Waals surface area contributed by atoms with Gasteiger partial charge in [-0.2, -0.15) is 0 Å². The molecule has 2 rings (SSSR count). The third kappa shape index (κ3) is 5.92. The predicted molar refractivity (Wildman–Crippen MR) is 119 cm³/mol. The van der Waals surface area contributed by atoms with E-state index < -0.39 is 12.2 Å². The number of hydrogen-bond donors (Lipinski definition) is 2. The molecule has 0 fully saturated rings. The van der Waals surface area contributed by atoms with E-state index in [0.717, 1.165) is 17.6 Å². The second-order valence-electron chi connectivity index (χ2n) is 7.47. The molecule has 2 unspecified atom stereocenters. The smallest absolute Gasteiger partial charge is 0.336 e. The average Bonchev–Trinajstić information content (AvgIpc) is 3.00. The average molecular weight is 432 g/mol. The van der Waals surface area contributed by atoms with Gasteiger partial charge in [0.1, 0.15) is 0 Å². The summed E-state index contributed by atoms with van der Waals surface area (Å²) in [5, 5.41) is 10.4. The number of nitrogens with zero attached hydrogens (tertiary/aromatic N) is 2. The lowest BCUT2D eigenvalue weighted by Gasteiger charge is -2.23. The first-order valence-corrected chi connectivity index (χ1v) is 10.6. The summed E-state index contributed by atoms with van der Waals surface area (Å²) < 4.78 is 10.8. The number of carbonyl (C=O) groups excluding carboxylic acids is 2. The zero-order valence-corrected chi connectivity index (χ0v) is 18.8. The van der Waals surface area contributed by atoms with Crippen LogP contribution in [0.2, 0.25) is 0 Å². The summed E-state index contributed by atoms with van der Waals surface area (Å²) in [6.45, 7) is 7.92. The highest BCUT2D eigenvalue weighted by Crippen LogP contribution is 2.31. The number of aliphatic imine (C=N–C) groups is 1. The number of esters is 1. The standard InChI is InChI=1S/C23H33N3O5/c1-5-25-13-15(3)16(4)20(23(29)31-6-2)19(24)14-30-12-11-26-21(27)17-9-7-8-10-18(17)22(26)28/h5,7,9,13,16,22,28H,6,8,10-12,14,24H2,1-4H3/b15-13+,20-19+,25-5?. The summed E-state index contributed by atoms with van der Waals surface area (Å²) in [7, 11) is 0. The Bertz CT molecular complexity index is 838. The second kappa shape index (κ2) is 11.6. The summed E-state index contributed by atoms with van der Waals surface area (Å²) in [4.78, 5) is 30.5. The molecule has 3 N–H and O–H groups in total. The van der Waals surface area contributed by atoms with Crippen molar-refractivity contribution in [2.75, 3.05) is 26.4 Å². The molecule has 0 saturated heterocycles. The van der Waals surface area contributed by atoms with E-state index in [1.165, 1.54) is 4.90 Å². The molecular formula is C23H33N3O5. The molecular weight excluding hydrogens is 398 g/mol. The molecule has 1 heterocycles. The molecule has 31 heavy (non-hydrogen) atoms. The molecule has 0 bridgehead atoms. The van der Waals surface area contributed by atoms with Crippen molar-refractivity contribution in [3.63, 3.8) is 0 Å². The number of amides is 1. The molecule has 0 aromatic carbocycles. The number of allylic oxidation sites excluding steroid dienone is 2. The summed E-state index contributed by atoms with van der Waals surface area (Å²) in [5.74, 6) is -0.974. The SMILES string of the molecule is CC=N/C=C(\C)C(C)/C(C(=O)OCC)=C(\N)COCCN1C(=O)C2=C(CCC=C2)C1O. The van der Waals surface area contributed by atoms with Crippen LogP contribution >= 0.6 is 0 Å². The van der Waals surface area contributed by atoms with E-state index in [0.29, 0.717) is 17.6 Å². The first-order valence-electron chi connectivity index (χ1n) is 10.6. The summed E-state index contributed by atoms with van der Waals surface area (Å²) in [6, 6.07) is 0. The third-order valence-corrected chi connectivity index (χ3v) is 5.43. The molecule has 0 saturated carbocycles. The molecule has 8 nitrogen and oxygen atoms in total. The van der Waals surface area contributed by atoms with Gasteiger partial charge in [-0.3, -0.25) is 9.79 Å². The predicted octanol–water partition coefficient (Wildman–Crippen LogP) is 2.22. The lowest BCUT2D eigenvalue weighted by molar-refractivity contribution is -0.139. The van der Waals surface area contributed by atoms with Gasteiger partial charge in [-0.1, -0.05) is 19.1 Å². The first kappa shape index (κ1) is 24.6. The largest absolute Gasteiger partial charge is 0.463 e. The van der Waals surface area contributed by atoms with Crippen molar-refractivity contribution in [3.8, 4) is 0 Å². The minimum atomic E-state index is -0.911. The molecule has 1 amide bonds. The van der Waals surface area contributed by atoms with E-state index in [9.17, 15) is 14.7 Å². The Morgan fingerprint density at radius 3 is 2.87 bits per heavy atom. The number of carbonyl (C=O) groups is 2. The summed E-state index contributed by atoms with van der Waals surface area (Å²) in [5.41, 5.74) is 9.01. The second-order valence-corrected chi connectivity index (χ2v) is 7.47. The van der Waals surface area contributed by atoms with Gasteiger partial charge in [0.15, 0.2) is 6.23 Å². The van der Waals surface area contributed by atoms with Gasteiger partial charge in [0.2, 0.25) is 0 Å². The Kier molecular flexibility index (Phi) is 9.21. The van der Waals surface area contributed by atoms with Crippen molar-refractivity contribution in [3.05, 3.63) is 46.3 Å². The maximum Gasteiger partial charge on any atom is 0.336 e. The van der Waals surface area contributed by atoms with Crippen LogP contribution in [-0.4, -0.2) is 60.7 Å². The van der Waals surface area contributed by atoms with Gasteiger partial charge < -0.3 is 25.2 Å². The third-order valence-electron chi connectivity index (χ3n) is 5.43. The minimum Gasteiger partial charge on any atom is -0.463 e. The van der Waals surface area contributed by atoms with Gasteiger partial charge in [-0.05, 0) is 44.8 Å². The quantitative estimate of drug-likeness (QED) is 0.237. The number of rotatable bonds is 10. The van der Waals surface area contributed by atoms with Crippen LogP contribution in [0.15, 0.2) is 51.3 Å². The van der Waals surface area contributed by atoms with E-state index >= 15 is 0 Å². The summed E-state index contributed by atoms with van der Waals surface area (Å²) in [6.07, 6.45) is 7.65. The van der Waals surface area contributed by atoms with Crippen molar-refractivity contribution in [2.24, 2.45) is 16.6 Å². The molecule has 0 aromatic heterocycles. The Hall–Kier alpha value is -2.71. The molecule has 2 atom stereocenters. The van der Waals surface area contributed by atoms with Crippen LogP contribution in [0.5, 0.6) is 0 Å². The fourth-order valence-corrected chi connectivity index (χ4v) is 3.59. The van der Waals surface area contributed by atoms with E-state index in [1.54, 1.807) is 25.4 Å². The summed E-state index contributed by atoms with van der Waals surface area (Å²) >= 11 is 0. The molecule has 2 aliphatic rings. The van der Waals surface area contributed by atoms with Crippen LogP contribution in [0.1, 0.15) is 40.5 Å². The Balaban J connectivity index is 2.01. The Morgan fingerprint density at radius 1 is 1.48 bits per heavy atom. The molecule has 1 aliphatic heterocycles. The maximum absolute atomic E-state index is 12.5. The molecule has 0 spiro atoms. The highest BCUT2D eigenvalue weighted by Gasteiger charge is 2.36. The number of aliphatic hydroxyl groups excluding tert-OH is 1. The zero-order valence-electron chi connectivity index (χ0n) is 18.8. The zero-order chi connectivity index (χ0) is 23.0. The highest BCUT2D eigenvalue weighted by molar-refractivity contribution is 6.00. The van der Waals surface area contributed by atoms with Crippen LogP contribution < -0.4 is 5.73 Å². The first-order chi connectivity index (χ1) is 14.8. The van der Waals surface area contributed by atoms with E-state index in [2.05, 4.69) is 4.99 Å². The van der Waals surface area contributed by atoms with Gasteiger partial charge in [0.25, 0.3) is 5.91 Å².